The van der Waals surface area contributed by atoms with E-state index in [1.807, 2.05) is 0 Å². The number of aliphatic hydroxyl groups excluding tert-OH is 10. The topological polar surface area (TPSA) is 248 Å². The van der Waals surface area contributed by atoms with Crippen LogP contribution in [0.25, 0.3) is 0 Å². The molecule has 0 aromatic carbocycles. The molecule has 3 aliphatic heterocycles. The number of aliphatic hydroxyl groups is 10. The molecule has 0 unspecified atom stereocenters. The third-order valence-corrected chi connectivity index (χ3v) is 6.05. The van der Waals surface area contributed by atoms with Gasteiger partial charge < -0.3 is 74.7 Å². The van der Waals surface area contributed by atoms with Crippen LogP contribution in [-0.2, 0) is 23.7 Å². The number of ether oxygens (including phenoxy) is 5. The van der Waals surface area contributed by atoms with E-state index in [1.165, 1.54) is 6.92 Å². The van der Waals surface area contributed by atoms with Crippen LogP contribution in [0.2, 0.25) is 0 Å². The predicted molar refractivity (Wildman–Crippen MR) is 99.8 cm³/mol. The van der Waals surface area contributed by atoms with Gasteiger partial charge >= 0.3 is 0 Å². The minimum absolute atomic E-state index is 0.749. The summed E-state index contributed by atoms with van der Waals surface area (Å²) in [5.41, 5.74) is 0. The van der Waals surface area contributed by atoms with Crippen molar-refractivity contribution in [1.29, 1.82) is 0 Å². The summed E-state index contributed by atoms with van der Waals surface area (Å²) in [6.07, 6.45) is -23.9. The van der Waals surface area contributed by atoms with Gasteiger partial charge in [0.1, 0.15) is 67.1 Å². The first-order valence-corrected chi connectivity index (χ1v) is 10.4. The molecule has 3 fully saturated rings. The molecule has 10 N–H and O–H groups in total. The Hall–Kier alpha value is -0.600. The average molecular weight is 488 g/mol. The first kappa shape index (κ1) is 27.0. The van der Waals surface area contributed by atoms with Gasteiger partial charge in [0, 0.05) is 0 Å². The van der Waals surface area contributed by atoms with E-state index in [0.717, 1.165) is 0 Å². The second-order valence-electron chi connectivity index (χ2n) is 8.32. The molecular formula is C18H32O15. The Morgan fingerprint density at radius 2 is 1.12 bits per heavy atom. The zero-order chi connectivity index (χ0) is 24.6. The lowest BCUT2D eigenvalue weighted by atomic mass is 9.96. The van der Waals surface area contributed by atoms with Gasteiger partial charge in [-0.3, -0.25) is 0 Å². The van der Waals surface area contributed by atoms with E-state index in [1.54, 1.807) is 0 Å². The highest BCUT2D eigenvalue weighted by Crippen LogP contribution is 2.32. The highest BCUT2D eigenvalue weighted by molar-refractivity contribution is 4.96. The fraction of sp³-hybridized carbons (Fsp3) is 1.00. The number of hydrogen-bond donors (Lipinski definition) is 10. The monoisotopic (exact) mass is 488 g/mol. The summed E-state index contributed by atoms with van der Waals surface area (Å²) in [6.45, 7) is -0.122. The van der Waals surface area contributed by atoms with Crippen LogP contribution >= 0.6 is 0 Å². The summed E-state index contributed by atoms with van der Waals surface area (Å²) in [7, 11) is 0. The third-order valence-electron chi connectivity index (χ3n) is 6.05. The van der Waals surface area contributed by atoms with Gasteiger partial charge in [-0.1, -0.05) is 0 Å². The Bertz CT molecular complexity index is 624. The van der Waals surface area contributed by atoms with Crippen molar-refractivity contribution in [3.63, 3.8) is 0 Å². The Kier molecular flexibility index (Phi) is 8.99. The molecule has 0 radical (unpaired) electrons. The lowest BCUT2D eigenvalue weighted by molar-refractivity contribution is -0.377. The molecular weight excluding hydrogens is 456 g/mol. The summed E-state index contributed by atoms with van der Waals surface area (Å²) < 4.78 is 26.6. The molecule has 0 amide bonds. The van der Waals surface area contributed by atoms with Crippen molar-refractivity contribution in [2.75, 3.05) is 13.2 Å². The van der Waals surface area contributed by atoms with Crippen molar-refractivity contribution in [3.8, 4) is 0 Å². The number of rotatable bonds is 6. The van der Waals surface area contributed by atoms with Gasteiger partial charge in [-0.2, -0.15) is 0 Å². The fourth-order valence-electron chi connectivity index (χ4n) is 4.00. The molecule has 0 spiro atoms. The molecule has 33 heavy (non-hydrogen) atoms. The minimum atomic E-state index is -1.84. The normalized spacial score (nSPS) is 53.7. The Labute approximate surface area is 187 Å². The van der Waals surface area contributed by atoms with Gasteiger partial charge in [-0.15, -0.1) is 0 Å². The summed E-state index contributed by atoms with van der Waals surface area (Å²) in [5, 5.41) is 99.9. The molecule has 0 bridgehead atoms. The Morgan fingerprint density at radius 3 is 1.73 bits per heavy atom. The highest BCUT2D eigenvalue weighted by atomic mass is 16.7. The van der Waals surface area contributed by atoms with E-state index >= 15 is 0 Å². The highest BCUT2D eigenvalue weighted by Gasteiger charge is 2.53. The van der Waals surface area contributed by atoms with Crippen molar-refractivity contribution >= 4 is 0 Å². The summed E-state index contributed by atoms with van der Waals surface area (Å²) in [5.74, 6) is 0. The van der Waals surface area contributed by atoms with Crippen molar-refractivity contribution in [1.82, 2.24) is 0 Å². The van der Waals surface area contributed by atoms with Gasteiger partial charge in [-0.25, -0.2) is 0 Å². The first-order chi connectivity index (χ1) is 15.5. The molecule has 0 saturated carbocycles. The zero-order valence-corrected chi connectivity index (χ0v) is 17.6. The van der Waals surface area contributed by atoms with E-state index in [2.05, 4.69) is 0 Å². The molecule has 194 valence electrons. The summed E-state index contributed by atoms with van der Waals surface area (Å²) >= 11 is 0. The second kappa shape index (κ2) is 11.0. The lowest BCUT2D eigenvalue weighted by Gasteiger charge is -2.47. The molecule has 0 aromatic rings. The molecule has 3 saturated heterocycles. The van der Waals surface area contributed by atoms with Crippen LogP contribution in [0.3, 0.4) is 0 Å². The molecule has 15 atom stereocenters. The average Bonchev–Trinajstić information content (AvgIpc) is 2.79. The predicted octanol–water partition coefficient (Wildman–Crippen LogP) is -6.55. The maximum atomic E-state index is 10.7. The molecule has 0 aliphatic carbocycles. The van der Waals surface area contributed by atoms with Crippen molar-refractivity contribution in [2.45, 2.75) is 99.0 Å². The maximum absolute atomic E-state index is 10.7. The fourth-order valence-corrected chi connectivity index (χ4v) is 4.00. The van der Waals surface area contributed by atoms with Crippen LogP contribution in [-0.4, -0.2) is 156 Å². The van der Waals surface area contributed by atoms with E-state index in [0.29, 0.717) is 0 Å². The standard InChI is InChI=1S/C18H32O15/c1-4-7(21)9(23)12(26)17(29-4)33-15-8(22)5(2-19)31-18(13(15)27)32-14-6(3-20)30-16(28)11(25)10(14)24/h4-28H,2-3H2,1H3/t4-,5+,6+,7+,8-,9+,10+,11+,12-,13+,14+,15-,16+,17+,18-/m0/s1. The van der Waals surface area contributed by atoms with Gasteiger partial charge in [0.25, 0.3) is 0 Å². The second-order valence-corrected chi connectivity index (χ2v) is 8.32. The van der Waals surface area contributed by atoms with Crippen molar-refractivity contribution < 1.29 is 74.7 Å². The molecule has 0 aromatic heterocycles. The van der Waals surface area contributed by atoms with Crippen LogP contribution in [0.1, 0.15) is 6.92 Å². The smallest absolute Gasteiger partial charge is 0.187 e. The molecule has 3 aliphatic rings. The van der Waals surface area contributed by atoms with Gasteiger partial charge in [0.15, 0.2) is 18.9 Å². The Morgan fingerprint density at radius 1 is 0.545 bits per heavy atom. The lowest BCUT2D eigenvalue weighted by Crippen LogP contribution is -2.66. The van der Waals surface area contributed by atoms with E-state index in [9.17, 15) is 51.1 Å². The summed E-state index contributed by atoms with van der Waals surface area (Å²) in [4.78, 5) is 0. The summed E-state index contributed by atoms with van der Waals surface area (Å²) in [6, 6.07) is 0. The van der Waals surface area contributed by atoms with Gasteiger partial charge in [0.2, 0.25) is 0 Å². The molecule has 3 heterocycles. The minimum Gasteiger partial charge on any atom is -0.394 e. The van der Waals surface area contributed by atoms with Crippen LogP contribution < -0.4 is 0 Å². The largest absolute Gasteiger partial charge is 0.394 e. The van der Waals surface area contributed by atoms with Gasteiger partial charge in [-0.05, 0) is 6.92 Å². The van der Waals surface area contributed by atoms with Gasteiger partial charge in [0.05, 0.1) is 19.3 Å². The molecule has 15 nitrogen and oxygen atoms in total. The third kappa shape index (κ3) is 5.32. The zero-order valence-electron chi connectivity index (χ0n) is 17.6. The van der Waals surface area contributed by atoms with Crippen molar-refractivity contribution in [2.24, 2.45) is 0 Å². The first-order valence-electron chi connectivity index (χ1n) is 10.4. The van der Waals surface area contributed by atoms with Crippen LogP contribution in [0, 0.1) is 0 Å². The molecule has 3 rings (SSSR count). The van der Waals surface area contributed by atoms with Crippen LogP contribution in [0.4, 0.5) is 0 Å². The van der Waals surface area contributed by atoms with Crippen LogP contribution in [0.15, 0.2) is 0 Å². The van der Waals surface area contributed by atoms with E-state index in [4.69, 9.17) is 23.7 Å². The van der Waals surface area contributed by atoms with E-state index < -0.39 is 105 Å². The Balaban J connectivity index is 1.77. The molecule has 15 heteroatoms. The van der Waals surface area contributed by atoms with Crippen molar-refractivity contribution in [3.05, 3.63) is 0 Å². The maximum Gasteiger partial charge on any atom is 0.187 e. The SMILES string of the molecule is C[C@@H]1O[C@H](O[C@H]2[C@@H](O)[C@@H](CO)O[C@@H](O[C@H]3[C@H](O)[C@@H](O)[C@H](O)O[C@@H]3CO)[C@@H]2O)[C@@H](O)[C@H](O)[C@@H]1O. The van der Waals surface area contributed by atoms with Crippen LogP contribution in [0.5, 0.6) is 0 Å². The number of hydrogen-bond acceptors (Lipinski definition) is 15. The van der Waals surface area contributed by atoms with E-state index in [-0.39, 0.29) is 0 Å². The quantitative estimate of drug-likeness (QED) is 0.167.